The quantitative estimate of drug-likeness (QED) is 0.735. The molecule has 0 bridgehead atoms. The van der Waals surface area contributed by atoms with Crippen molar-refractivity contribution in [2.75, 3.05) is 6.61 Å². The molecule has 1 heterocycles. The van der Waals surface area contributed by atoms with Gasteiger partial charge in [-0.25, -0.2) is 8.78 Å². The number of benzene rings is 1. The summed E-state index contributed by atoms with van der Waals surface area (Å²) >= 11 is 0. The standard InChI is InChI=1S/C22H26F2N2O/c1-15(18-9-8-17-6-4-5-7-19(17)12-18)26-16(2)21-11-10-20(13-25-21)27-14-22(3,23)24/h4-7,10-11,13,16,18,26H,1,8-9,12,14H2,2-3H3/t16-,18?/m1/s1. The lowest BCUT2D eigenvalue weighted by Gasteiger charge is -2.28. The predicted octanol–water partition coefficient (Wildman–Crippen LogP) is 5.09. The fourth-order valence-corrected chi connectivity index (χ4v) is 3.41. The SMILES string of the molecule is C=C(N[C@H](C)c1ccc(OCC(C)(F)F)cn1)C1CCc2ccccc2C1. The third-order valence-corrected chi connectivity index (χ3v) is 4.94. The van der Waals surface area contributed by atoms with Crippen molar-refractivity contribution in [2.24, 2.45) is 5.92 Å². The molecule has 3 rings (SSSR count). The summed E-state index contributed by atoms with van der Waals surface area (Å²) in [7, 11) is 0. The number of fused-ring (bicyclic) bond motifs is 1. The van der Waals surface area contributed by atoms with E-state index in [0.29, 0.717) is 11.7 Å². The van der Waals surface area contributed by atoms with E-state index in [9.17, 15) is 8.78 Å². The van der Waals surface area contributed by atoms with Crippen molar-refractivity contribution in [3.05, 3.63) is 71.7 Å². The fraction of sp³-hybridized carbons (Fsp3) is 0.409. The van der Waals surface area contributed by atoms with Crippen LogP contribution in [0.4, 0.5) is 8.78 Å². The minimum Gasteiger partial charge on any atom is -0.486 e. The molecule has 1 aliphatic rings. The van der Waals surface area contributed by atoms with Gasteiger partial charge in [-0.3, -0.25) is 4.98 Å². The molecule has 0 radical (unpaired) electrons. The van der Waals surface area contributed by atoms with Gasteiger partial charge in [-0.2, -0.15) is 0 Å². The molecule has 27 heavy (non-hydrogen) atoms. The van der Waals surface area contributed by atoms with Crippen molar-refractivity contribution < 1.29 is 13.5 Å². The van der Waals surface area contributed by atoms with Crippen LogP contribution >= 0.6 is 0 Å². The third-order valence-electron chi connectivity index (χ3n) is 4.94. The van der Waals surface area contributed by atoms with Gasteiger partial charge >= 0.3 is 0 Å². The maximum absolute atomic E-state index is 12.9. The molecule has 3 nitrogen and oxygen atoms in total. The van der Waals surface area contributed by atoms with E-state index < -0.39 is 12.5 Å². The van der Waals surface area contributed by atoms with Crippen molar-refractivity contribution in [1.82, 2.24) is 10.3 Å². The number of aryl methyl sites for hydroxylation is 1. The van der Waals surface area contributed by atoms with Gasteiger partial charge in [0.2, 0.25) is 0 Å². The zero-order valence-corrected chi connectivity index (χ0v) is 15.8. The Morgan fingerprint density at radius 2 is 2.04 bits per heavy atom. The van der Waals surface area contributed by atoms with E-state index in [0.717, 1.165) is 37.6 Å². The number of halogens is 2. The molecule has 0 amide bonds. The first kappa shape index (κ1) is 19.3. The zero-order valence-electron chi connectivity index (χ0n) is 15.8. The zero-order chi connectivity index (χ0) is 19.4. The van der Waals surface area contributed by atoms with Gasteiger partial charge in [-0.05, 0) is 49.4 Å². The van der Waals surface area contributed by atoms with Crippen molar-refractivity contribution >= 4 is 0 Å². The van der Waals surface area contributed by atoms with Crippen LogP contribution in [0, 0.1) is 5.92 Å². The molecule has 0 saturated heterocycles. The highest BCUT2D eigenvalue weighted by atomic mass is 19.3. The largest absolute Gasteiger partial charge is 0.486 e. The summed E-state index contributed by atoms with van der Waals surface area (Å²) < 4.78 is 30.8. The van der Waals surface area contributed by atoms with Gasteiger partial charge in [0.05, 0.1) is 17.9 Å². The number of rotatable bonds is 7. The molecular formula is C22H26F2N2O. The molecule has 2 atom stereocenters. The molecule has 1 N–H and O–H groups in total. The van der Waals surface area contributed by atoms with E-state index >= 15 is 0 Å². The number of nitrogens with one attached hydrogen (secondary N) is 1. The maximum atomic E-state index is 12.9. The third kappa shape index (κ3) is 5.28. The van der Waals surface area contributed by atoms with Gasteiger partial charge in [0, 0.05) is 18.5 Å². The van der Waals surface area contributed by atoms with Crippen molar-refractivity contribution in [1.29, 1.82) is 0 Å². The summed E-state index contributed by atoms with van der Waals surface area (Å²) in [5.74, 6) is -2.11. The van der Waals surface area contributed by atoms with E-state index in [1.807, 2.05) is 6.92 Å². The second-order valence-corrected chi connectivity index (χ2v) is 7.38. The highest BCUT2D eigenvalue weighted by molar-refractivity contribution is 5.31. The summed E-state index contributed by atoms with van der Waals surface area (Å²) in [5.41, 5.74) is 4.67. The van der Waals surface area contributed by atoms with Gasteiger partial charge < -0.3 is 10.1 Å². The molecule has 0 fully saturated rings. The Kier molecular flexibility index (Phi) is 5.78. The molecular weight excluding hydrogens is 346 g/mol. The minimum atomic E-state index is -2.86. The summed E-state index contributed by atoms with van der Waals surface area (Å²) in [6.45, 7) is 6.44. The predicted molar refractivity (Wildman–Crippen MR) is 103 cm³/mol. The Labute approximate surface area is 159 Å². The van der Waals surface area contributed by atoms with Crippen LogP contribution in [-0.2, 0) is 12.8 Å². The van der Waals surface area contributed by atoms with E-state index in [2.05, 4.69) is 41.1 Å². The van der Waals surface area contributed by atoms with Crippen LogP contribution in [0.15, 0.2) is 54.9 Å². The average Bonchev–Trinajstić information content (AvgIpc) is 2.65. The summed E-state index contributed by atoms with van der Waals surface area (Å²) in [6.07, 6.45) is 4.64. The van der Waals surface area contributed by atoms with Gasteiger partial charge in [0.1, 0.15) is 5.75 Å². The number of aromatic nitrogens is 1. The van der Waals surface area contributed by atoms with Crippen molar-refractivity contribution in [3.63, 3.8) is 0 Å². The Hall–Kier alpha value is -2.43. The molecule has 1 aromatic heterocycles. The number of nitrogens with zero attached hydrogens (tertiary/aromatic N) is 1. The smallest absolute Gasteiger partial charge is 0.278 e. The van der Waals surface area contributed by atoms with Crippen LogP contribution < -0.4 is 10.1 Å². The van der Waals surface area contributed by atoms with E-state index in [4.69, 9.17) is 4.74 Å². The monoisotopic (exact) mass is 372 g/mol. The molecule has 144 valence electrons. The Bertz CT molecular complexity index is 784. The van der Waals surface area contributed by atoms with Crippen molar-refractivity contribution in [3.8, 4) is 5.75 Å². The number of hydrogen-bond acceptors (Lipinski definition) is 3. The number of alkyl halides is 2. The lowest BCUT2D eigenvalue weighted by Crippen LogP contribution is -2.27. The van der Waals surface area contributed by atoms with Gasteiger partial charge in [-0.1, -0.05) is 30.8 Å². The van der Waals surface area contributed by atoms with Crippen LogP contribution in [-0.4, -0.2) is 17.5 Å². The van der Waals surface area contributed by atoms with Crippen LogP contribution in [0.25, 0.3) is 0 Å². The van der Waals surface area contributed by atoms with E-state index in [1.165, 1.54) is 17.3 Å². The minimum absolute atomic E-state index is 0.0173. The topological polar surface area (TPSA) is 34.1 Å². The molecule has 0 aliphatic heterocycles. The van der Waals surface area contributed by atoms with Crippen LogP contribution in [0.5, 0.6) is 5.75 Å². The van der Waals surface area contributed by atoms with E-state index in [-0.39, 0.29) is 6.04 Å². The first-order valence-corrected chi connectivity index (χ1v) is 9.30. The molecule has 2 aromatic rings. The van der Waals surface area contributed by atoms with E-state index in [1.54, 1.807) is 12.1 Å². The normalized spacial score (nSPS) is 17.7. The fourth-order valence-electron chi connectivity index (χ4n) is 3.41. The van der Waals surface area contributed by atoms with Crippen LogP contribution in [0.2, 0.25) is 0 Å². The number of allylic oxidation sites excluding steroid dienone is 1. The number of hydrogen-bond donors (Lipinski definition) is 1. The Morgan fingerprint density at radius 1 is 1.30 bits per heavy atom. The summed E-state index contributed by atoms with van der Waals surface area (Å²) in [6, 6.07) is 12.0. The number of ether oxygens (including phenoxy) is 1. The van der Waals surface area contributed by atoms with Gasteiger partial charge in [0.15, 0.2) is 6.61 Å². The first-order chi connectivity index (χ1) is 12.8. The second-order valence-electron chi connectivity index (χ2n) is 7.38. The Morgan fingerprint density at radius 3 is 2.70 bits per heavy atom. The second kappa shape index (κ2) is 8.07. The molecule has 1 aliphatic carbocycles. The molecule has 0 spiro atoms. The summed E-state index contributed by atoms with van der Waals surface area (Å²) in [5, 5.41) is 3.45. The molecule has 5 heteroatoms. The molecule has 0 saturated carbocycles. The van der Waals surface area contributed by atoms with Crippen LogP contribution in [0.3, 0.4) is 0 Å². The average molecular weight is 372 g/mol. The maximum Gasteiger partial charge on any atom is 0.278 e. The lowest BCUT2D eigenvalue weighted by atomic mass is 9.82. The van der Waals surface area contributed by atoms with Crippen molar-refractivity contribution in [2.45, 2.75) is 45.1 Å². The Balaban J connectivity index is 1.55. The number of pyridine rings is 1. The van der Waals surface area contributed by atoms with Crippen LogP contribution in [0.1, 0.15) is 43.1 Å². The summed E-state index contributed by atoms with van der Waals surface area (Å²) in [4.78, 5) is 4.34. The molecule has 1 aromatic carbocycles. The van der Waals surface area contributed by atoms with Gasteiger partial charge in [-0.15, -0.1) is 0 Å². The molecule has 1 unspecified atom stereocenters. The highest BCUT2D eigenvalue weighted by Crippen LogP contribution is 2.29. The van der Waals surface area contributed by atoms with Gasteiger partial charge in [0.25, 0.3) is 5.92 Å². The highest BCUT2D eigenvalue weighted by Gasteiger charge is 2.23. The first-order valence-electron chi connectivity index (χ1n) is 9.30. The lowest BCUT2D eigenvalue weighted by molar-refractivity contribution is -0.0230.